The van der Waals surface area contributed by atoms with Crippen LogP contribution in [-0.2, 0) is 18.2 Å². The molecule has 1 aliphatic rings. The van der Waals surface area contributed by atoms with Crippen LogP contribution in [0.4, 0.5) is 5.13 Å². The fourth-order valence-electron chi connectivity index (χ4n) is 3.15. The Morgan fingerprint density at radius 2 is 2.00 bits per heavy atom. The lowest BCUT2D eigenvalue weighted by atomic mass is 10.2. The van der Waals surface area contributed by atoms with E-state index in [0.717, 1.165) is 37.9 Å². The largest absolute Gasteiger partial charge is 0.378 e. The lowest BCUT2D eigenvalue weighted by Crippen LogP contribution is -2.36. The second-order valence-electron chi connectivity index (χ2n) is 6.03. The van der Waals surface area contributed by atoms with Gasteiger partial charge in [-0.1, -0.05) is 18.2 Å². The van der Waals surface area contributed by atoms with Crippen molar-refractivity contribution in [2.75, 3.05) is 31.2 Å². The molecule has 1 saturated heterocycles. The van der Waals surface area contributed by atoms with Crippen LogP contribution in [0.2, 0.25) is 0 Å². The molecule has 1 aliphatic heterocycles. The second-order valence-corrected chi connectivity index (χ2v) is 7.21. The predicted molar refractivity (Wildman–Crippen MR) is 95.6 cm³/mol. The summed E-state index contributed by atoms with van der Waals surface area (Å²) in [6.07, 6.45) is 0.887. The fraction of sp³-hybridized carbons (Fsp3) is 0.389. The van der Waals surface area contributed by atoms with E-state index in [4.69, 9.17) is 9.72 Å². The quantitative estimate of drug-likeness (QED) is 0.739. The van der Waals surface area contributed by atoms with Crippen molar-refractivity contribution in [2.45, 2.75) is 13.3 Å². The van der Waals surface area contributed by atoms with Crippen LogP contribution in [0.1, 0.15) is 16.3 Å². The van der Waals surface area contributed by atoms with E-state index in [1.807, 2.05) is 0 Å². The summed E-state index contributed by atoms with van der Waals surface area (Å²) in [7, 11) is 2.14. The van der Waals surface area contributed by atoms with Crippen molar-refractivity contribution in [3.05, 3.63) is 46.6 Å². The molecule has 4 rings (SSSR count). The van der Waals surface area contributed by atoms with Crippen LogP contribution in [0.5, 0.6) is 0 Å². The minimum atomic E-state index is 0.803. The minimum absolute atomic E-state index is 0.803. The highest BCUT2D eigenvalue weighted by Gasteiger charge is 2.18. The van der Waals surface area contributed by atoms with Gasteiger partial charge in [-0.15, -0.1) is 11.3 Å². The molecule has 0 unspecified atom stereocenters. The van der Waals surface area contributed by atoms with Crippen LogP contribution >= 0.6 is 11.3 Å². The van der Waals surface area contributed by atoms with E-state index in [-0.39, 0.29) is 0 Å². The zero-order chi connectivity index (χ0) is 15.8. The van der Waals surface area contributed by atoms with E-state index in [9.17, 15) is 0 Å². The summed E-state index contributed by atoms with van der Waals surface area (Å²) in [5.41, 5.74) is 3.79. The van der Waals surface area contributed by atoms with Gasteiger partial charge in [0.15, 0.2) is 5.13 Å². The molecule has 4 nitrogen and oxygen atoms in total. The number of hydrogen-bond donors (Lipinski definition) is 0. The zero-order valence-electron chi connectivity index (χ0n) is 13.6. The third-order valence-electron chi connectivity index (χ3n) is 4.56. The number of thiazole rings is 1. The number of ether oxygens (including phenoxy) is 1. The summed E-state index contributed by atoms with van der Waals surface area (Å²) >= 11 is 1.80. The molecule has 0 saturated carbocycles. The van der Waals surface area contributed by atoms with Gasteiger partial charge in [0.05, 0.1) is 18.9 Å². The number of nitrogens with zero attached hydrogens (tertiary/aromatic N) is 3. The van der Waals surface area contributed by atoms with Crippen LogP contribution in [0.25, 0.3) is 10.9 Å². The van der Waals surface area contributed by atoms with Gasteiger partial charge in [-0.05, 0) is 24.4 Å². The number of aromatic nitrogens is 2. The van der Waals surface area contributed by atoms with E-state index < -0.39 is 0 Å². The average Bonchev–Trinajstić information content (AvgIpc) is 3.10. The van der Waals surface area contributed by atoms with Crippen molar-refractivity contribution in [3.63, 3.8) is 0 Å². The molecule has 1 aromatic carbocycles. The Morgan fingerprint density at radius 3 is 2.78 bits per heavy atom. The van der Waals surface area contributed by atoms with Crippen LogP contribution in [0.3, 0.4) is 0 Å². The summed E-state index contributed by atoms with van der Waals surface area (Å²) in [5.74, 6) is 0. The Bertz CT molecular complexity index is 830. The summed E-state index contributed by atoms with van der Waals surface area (Å²) in [5, 5.41) is 2.44. The Labute approximate surface area is 140 Å². The molecule has 3 heterocycles. The molecule has 3 aromatic rings. The van der Waals surface area contributed by atoms with Gasteiger partial charge in [-0.25, -0.2) is 4.98 Å². The normalized spacial score (nSPS) is 15.5. The third-order valence-corrected chi connectivity index (χ3v) is 5.64. The summed E-state index contributed by atoms with van der Waals surface area (Å²) < 4.78 is 7.72. The van der Waals surface area contributed by atoms with Gasteiger partial charge in [0.2, 0.25) is 0 Å². The molecule has 0 radical (unpaired) electrons. The number of benzene rings is 1. The molecule has 0 amide bonds. The van der Waals surface area contributed by atoms with E-state index >= 15 is 0 Å². The van der Waals surface area contributed by atoms with Crippen molar-refractivity contribution in [3.8, 4) is 0 Å². The number of rotatable bonds is 3. The third kappa shape index (κ3) is 2.75. The number of fused-ring (bicyclic) bond motifs is 1. The highest BCUT2D eigenvalue weighted by atomic mass is 32.1. The van der Waals surface area contributed by atoms with Gasteiger partial charge in [0.1, 0.15) is 0 Å². The zero-order valence-corrected chi connectivity index (χ0v) is 14.4. The van der Waals surface area contributed by atoms with E-state index in [2.05, 4.69) is 53.8 Å². The molecule has 2 aromatic heterocycles. The van der Waals surface area contributed by atoms with Crippen LogP contribution in [0, 0.1) is 6.92 Å². The van der Waals surface area contributed by atoms with Crippen LogP contribution in [0.15, 0.2) is 30.3 Å². The van der Waals surface area contributed by atoms with Gasteiger partial charge in [0, 0.05) is 42.6 Å². The molecule has 0 N–H and O–H groups in total. The van der Waals surface area contributed by atoms with Crippen LogP contribution in [-0.4, -0.2) is 35.9 Å². The molecule has 23 heavy (non-hydrogen) atoms. The first-order chi connectivity index (χ1) is 11.2. The van der Waals surface area contributed by atoms with Crippen molar-refractivity contribution < 1.29 is 4.74 Å². The van der Waals surface area contributed by atoms with Gasteiger partial charge in [0.25, 0.3) is 0 Å². The number of hydrogen-bond acceptors (Lipinski definition) is 4. The van der Waals surface area contributed by atoms with Gasteiger partial charge in [-0.2, -0.15) is 0 Å². The van der Waals surface area contributed by atoms with E-state index in [1.54, 1.807) is 11.3 Å². The maximum Gasteiger partial charge on any atom is 0.185 e. The number of morpholine rings is 1. The topological polar surface area (TPSA) is 30.3 Å². The Hall–Kier alpha value is -1.85. The molecule has 120 valence electrons. The maximum atomic E-state index is 5.44. The number of para-hydroxylation sites is 1. The van der Waals surface area contributed by atoms with Gasteiger partial charge in [-0.3, -0.25) is 0 Å². The first-order valence-electron chi connectivity index (χ1n) is 8.05. The van der Waals surface area contributed by atoms with Gasteiger partial charge < -0.3 is 14.2 Å². The standard InChI is InChI=1S/C18H21N3OS/c1-13-16(19-18(23-13)21-7-9-22-10-8-21)12-15-11-14-5-3-4-6-17(14)20(15)2/h3-6,11H,7-10,12H2,1-2H3. The second kappa shape index (κ2) is 5.98. The Balaban J connectivity index is 1.62. The lowest BCUT2D eigenvalue weighted by molar-refractivity contribution is 0.122. The summed E-state index contributed by atoms with van der Waals surface area (Å²) in [6, 6.07) is 10.8. The van der Waals surface area contributed by atoms with Crippen molar-refractivity contribution in [1.82, 2.24) is 9.55 Å². The Kier molecular flexibility index (Phi) is 3.83. The molecule has 0 spiro atoms. The van der Waals surface area contributed by atoms with Gasteiger partial charge >= 0.3 is 0 Å². The average molecular weight is 327 g/mol. The van der Waals surface area contributed by atoms with E-state index in [1.165, 1.54) is 27.2 Å². The SMILES string of the molecule is Cc1sc(N2CCOCC2)nc1Cc1cc2ccccc2n1C. The molecular weight excluding hydrogens is 306 g/mol. The van der Waals surface area contributed by atoms with Crippen molar-refractivity contribution >= 4 is 27.4 Å². The molecule has 1 fully saturated rings. The molecule has 0 atom stereocenters. The molecular formula is C18H21N3OS. The monoisotopic (exact) mass is 327 g/mol. The summed E-state index contributed by atoms with van der Waals surface area (Å²) in [6.45, 7) is 5.68. The molecule has 5 heteroatoms. The molecule has 0 aliphatic carbocycles. The van der Waals surface area contributed by atoms with Crippen molar-refractivity contribution in [1.29, 1.82) is 0 Å². The minimum Gasteiger partial charge on any atom is -0.378 e. The first kappa shape index (κ1) is 14.7. The number of anilines is 1. The van der Waals surface area contributed by atoms with Crippen molar-refractivity contribution in [2.24, 2.45) is 7.05 Å². The first-order valence-corrected chi connectivity index (χ1v) is 8.86. The maximum absolute atomic E-state index is 5.44. The predicted octanol–water partition coefficient (Wildman–Crippen LogP) is 3.37. The number of aryl methyl sites for hydroxylation is 2. The Morgan fingerprint density at radius 1 is 1.22 bits per heavy atom. The fourth-order valence-corrected chi connectivity index (χ4v) is 4.13. The highest BCUT2D eigenvalue weighted by molar-refractivity contribution is 7.15. The van der Waals surface area contributed by atoms with Crippen LogP contribution < -0.4 is 4.90 Å². The molecule has 0 bridgehead atoms. The lowest BCUT2D eigenvalue weighted by Gasteiger charge is -2.26. The smallest absolute Gasteiger partial charge is 0.185 e. The van der Waals surface area contributed by atoms with E-state index in [0.29, 0.717) is 0 Å². The highest BCUT2D eigenvalue weighted by Crippen LogP contribution is 2.29. The summed E-state index contributed by atoms with van der Waals surface area (Å²) in [4.78, 5) is 8.57.